The van der Waals surface area contributed by atoms with Crippen LogP contribution in [-0.4, -0.2) is 56.5 Å². The zero-order valence-corrected chi connectivity index (χ0v) is 14.7. The van der Waals surface area contributed by atoms with Gasteiger partial charge in [0.15, 0.2) is 8.38 Å². The van der Waals surface area contributed by atoms with E-state index in [9.17, 15) is 0 Å². The summed E-state index contributed by atoms with van der Waals surface area (Å²) < 4.78 is 11.3. The lowest BCUT2D eigenvalue weighted by molar-refractivity contribution is 0.181. The average Bonchev–Trinajstić information content (AvgIpc) is 3.31. The van der Waals surface area contributed by atoms with Crippen molar-refractivity contribution in [2.24, 2.45) is 5.92 Å². The highest BCUT2D eigenvalue weighted by Crippen LogP contribution is 2.38. The Balaban J connectivity index is 1.51. The topological polar surface area (TPSA) is 33.7 Å². The second-order valence-electron chi connectivity index (χ2n) is 6.21. The van der Waals surface area contributed by atoms with Gasteiger partial charge < -0.3 is 19.3 Å². The number of rotatable bonds is 11. The molecule has 0 aromatic carbocycles. The van der Waals surface area contributed by atoms with Crippen LogP contribution in [-0.2, 0) is 9.05 Å². The second-order valence-corrected chi connectivity index (χ2v) is 7.84. The van der Waals surface area contributed by atoms with E-state index in [2.05, 4.69) is 24.1 Å². The standard InChI is InChI=1S/C16H33N2O2P/c1-3-19-21(20-4-2)13-5-10-18-11-8-15(9-12-18)14-17-16-6-7-16/h15-17H,3-14H2,1-2H3. The molecule has 2 fully saturated rings. The molecule has 0 spiro atoms. The third-order valence-corrected chi connectivity index (χ3v) is 6.11. The first-order chi connectivity index (χ1) is 10.3. The summed E-state index contributed by atoms with van der Waals surface area (Å²) in [5, 5.41) is 3.68. The minimum Gasteiger partial charge on any atom is -0.334 e. The van der Waals surface area contributed by atoms with Gasteiger partial charge in [-0.15, -0.1) is 0 Å². The molecule has 1 heterocycles. The lowest BCUT2D eigenvalue weighted by Gasteiger charge is -2.32. The van der Waals surface area contributed by atoms with Gasteiger partial charge in [-0.2, -0.15) is 0 Å². The Labute approximate surface area is 131 Å². The lowest BCUT2D eigenvalue weighted by atomic mass is 9.96. The van der Waals surface area contributed by atoms with Gasteiger partial charge in [0.1, 0.15) is 0 Å². The predicted octanol–water partition coefficient (Wildman–Crippen LogP) is 3.23. The Morgan fingerprint density at radius 1 is 1.05 bits per heavy atom. The Morgan fingerprint density at radius 2 is 1.71 bits per heavy atom. The van der Waals surface area contributed by atoms with Gasteiger partial charge in [0.2, 0.25) is 0 Å². The SMILES string of the molecule is CCOP(CCCN1CCC(CNC2CC2)CC1)OCC. The molecule has 1 N–H and O–H groups in total. The van der Waals surface area contributed by atoms with Crippen LogP contribution in [0.25, 0.3) is 0 Å². The van der Waals surface area contributed by atoms with Crippen LogP contribution in [0.4, 0.5) is 0 Å². The molecular weight excluding hydrogens is 283 g/mol. The summed E-state index contributed by atoms with van der Waals surface area (Å²) >= 11 is 0. The number of hydrogen-bond acceptors (Lipinski definition) is 4. The van der Waals surface area contributed by atoms with E-state index in [1.807, 2.05) is 0 Å². The number of nitrogens with one attached hydrogen (secondary N) is 1. The summed E-state index contributed by atoms with van der Waals surface area (Å²) in [5.41, 5.74) is 0. The van der Waals surface area contributed by atoms with Crippen LogP contribution in [0.5, 0.6) is 0 Å². The van der Waals surface area contributed by atoms with E-state index in [1.165, 1.54) is 58.3 Å². The molecule has 0 aromatic rings. The lowest BCUT2D eigenvalue weighted by Crippen LogP contribution is -2.38. The summed E-state index contributed by atoms with van der Waals surface area (Å²) in [5.74, 6) is 0.908. The molecule has 0 radical (unpaired) electrons. The predicted molar refractivity (Wildman–Crippen MR) is 89.8 cm³/mol. The first kappa shape index (κ1) is 17.6. The molecule has 4 nitrogen and oxygen atoms in total. The summed E-state index contributed by atoms with van der Waals surface area (Å²) in [7, 11) is -0.639. The highest BCUT2D eigenvalue weighted by Gasteiger charge is 2.24. The maximum atomic E-state index is 5.66. The molecule has 0 aromatic heterocycles. The molecule has 1 aliphatic heterocycles. The van der Waals surface area contributed by atoms with Crippen molar-refractivity contribution in [3.63, 3.8) is 0 Å². The summed E-state index contributed by atoms with van der Waals surface area (Å²) in [6.45, 7) is 10.6. The second kappa shape index (κ2) is 10.1. The Bertz CT molecular complexity index is 263. The smallest absolute Gasteiger partial charge is 0.170 e. The van der Waals surface area contributed by atoms with Crippen LogP contribution in [0.2, 0.25) is 0 Å². The fourth-order valence-corrected chi connectivity index (χ4v) is 4.22. The summed E-state index contributed by atoms with van der Waals surface area (Å²) in [6.07, 6.45) is 7.83. The van der Waals surface area contributed by atoms with Crippen molar-refractivity contribution in [2.45, 2.75) is 52.0 Å². The first-order valence-electron chi connectivity index (χ1n) is 8.81. The van der Waals surface area contributed by atoms with Gasteiger partial charge in [0, 0.05) is 12.2 Å². The van der Waals surface area contributed by atoms with Crippen molar-refractivity contribution in [1.29, 1.82) is 0 Å². The normalized spacial score (nSPS) is 21.3. The minimum absolute atomic E-state index is 0.639. The maximum Gasteiger partial charge on any atom is 0.170 e. The molecule has 21 heavy (non-hydrogen) atoms. The van der Waals surface area contributed by atoms with Crippen LogP contribution < -0.4 is 5.32 Å². The van der Waals surface area contributed by atoms with Gasteiger partial charge in [-0.3, -0.25) is 0 Å². The van der Waals surface area contributed by atoms with Gasteiger partial charge in [-0.1, -0.05) is 0 Å². The van der Waals surface area contributed by atoms with Crippen molar-refractivity contribution in [3.8, 4) is 0 Å². The Kier molecular flexibility index (Phi) is 8.49. The van der Waals surface area contributed by atoms with Crippen molar-refractivity contribution in [1.82, 2.24) is 10.2 Å². The Morgan fingerprint density at radius 3 is 2.29 bits per heavy atom. The first-order valence-corrected chi connectivity index (χ1v) is 10.2. The van der Waals surface area contributed by atoms with Gasteiger partial charge in [0.25, 0.3) is 0 Å². The van der Waals surface area contributed by atoms with Crippen molar-refractivity contribution in [2.75, 3.05) is 45.6 Å². The number of piperidine rings is 1. The third kappa shape index (κ3) is 7.38. The Hall–Kier alpha value is 0.270. The van der Waals surface area contributed by atoms with Gasteiger partial charge in [-0.05, 0) is 78.0 Å². The van der Waals surface area contributed by atoms with Crippen LogP contribution in [0, 0.1) is 5.92 Å². The van der Waals surface area contributed by atoms with Crippen LogP contribution in [0.1, 0.15) is 46.0 Å². The molecule has 1 aliphatic carbocycles. The van der Waals surface area contributed by atoms with Gasteiger partial charge in [-0.25, -0.2) is 0 Å². The monoisotopic (exact) mass is 316 g/mol. The molecule has 1 saturated carbocycles. The van der Waals surface area contributed by atoms with Gasteiger partial charge in [0.05, 0.1) is 13.2 Å². The van der Waals surface area contributed by atoms with Gasteiger partial charge >= 0.3 is 0 Å². The van der Waals surface area contributed by atoms with Crippen molar-refractivity contribution >= 4 is 8.38 Å². The van der Waals surface area contributed by atoms with E-state index in [0.29, 0.717) is 0 Å². The third-order valence-electron chi connectivity index (χ3n) is 4.34. The quantitative estimate of drug-likeness (QED) is 0.593. The summed E-state index contributed by atoms with van der Waals surface area (Å²) in [6, 6.07) is 0.861. The zero-order chi connectivity index (χ0) is 14.9. The maximum absolute atomic E-state index is 5.66. The molecule has 5 heteroatoms. The van der Waals surface area contributed by atoms with E-state index < -0.39 is 8.38 Å². The van der Waals surface area contributed by atoms with E-state index in [4.69, 9.17) is 9.05 Å². The molecule has 0 bridgehead atoms. The highest BCUT2D eigenvalue weighted by molar-refractivity contribution is 7.47. The van der Waals surface area contributed by atoms with Crippen LogP contribution in [0.15, 0.2) is 0 Å². The van der Waals surface area contributed by atoms with Crippen LogP contribution in [0.3, 0.4) is 0 Å². The van der Waals surface area contributed by atoms with E-state index in [1.54, 1.807) is 0 Å². The van der Waals surface area contributed by atoms with Crippen molar-refractivity contribution < 1.29 is 9.05 Å². The molecule has 0 unspecified atom stereocenters. The van der Waals surface area contributed by atoms with E-state index in [0.717, 1.165) is 31.3 Å². The van der Waals surface area contributed by atoms with Crippen LogP contribution >= 0.6 is 8.38 Å². The fourth-order valence-electron chi connectivity index (χ4n) is 2.91. The largest absolute Gasteiger partial charge is 0.334 e. The van der Waals surface area contributed by atoms with Crippen molar-refractivity contribution in [3.05, 3.63) is 0 Å². The number of hydrogen-bond donors (Lipinski definition) is 1. The molecule has 2 aliphatic rings. The fraction of sp³-hybridized carbons (Fsp3) is 1.00. The molecule has 0 amide bonds. The molecule has 124 valence electrons. The zero-order valence-electron chi connectivity index (χ0n) is 13.9. The minimum atomic E-state index is -0.639. The van der Waals surface area contributed by atoms with E-state index in [-0.39, 0.29) is 0 Å². The van der Waals surface area contributed by atoms with E-state index >= 15 is 0 Å². The number of nitrogens with zero attached hydrogens (tertiary/aromatic N) is 1. The summed E-state index contributed by atoms with van der Waals surface area (Å²) in [4.78, 5) is 2.62. The molecule has 1 saturated heterocycles. The number of likely N-dealkylation sites (tertiary alicyclic amines) is 1. The molecule has 2 rings (SSSR count). The molecular formula is C16H33N2O2P. The average molecular weight is 316 g/mol. The highest BCUT2D eigenvalue weighted by atomic mass is 31.2. The molecule has 0 atom stereocenters.